The highest BCUT2D eigenvalue weighted by Gasteiger charge is 2.79. The van der Waals surface area contributed by atoms with Crippen molar-refractivity contribution in [3.8, 4) is 0 Å². The molecular formula is C25H40N2O6. The first-order valence-electron chi connectivity index (χ1n) is 12.3. The lowest BCUT2D eigenvalue weighted by Gasteiger charge is -2.42. The molecule has 3 aliphatic heterocycles. The number of ether oxygens (including phenoxy) is 2. The monoisotopic (exact) mass is 464 g/mol. The minimum absolute atomic E-state index is 0.0368. The number of carbonyl (C=O) groups excluding carboxylic acids is 3. The Kier molecular flexibility index (Phi) is 7.30. The van der Waals surface area contributed by atoms with Crippen LogP contribution >= 0.6 is 0 Å². The molecule has 0 aromatic carbocycles. The van der Waals surface area contributed by atoms with Gasteiger partial charge in [0.15, 0.2) is 0 Å². The van der Waals surface area contributed by atoms with Crippen LogP contribution in [0.4, 0.5) is 0 Å². The quantitative estimate of drug-likeness (QED) is 0.393. The summed E-state index contributed by atoms with van der Waals surface area (Å²) in [5.74, 6) is -2.59. The number of hydrogen-bond donors (Lipinski definition) is 1. The van der Waals surface area contributed by atoms with E-state index < -0.39 is 41.1 Å². The Morgan fingerprint density at radius 3 is 2.52 bits per heavy atom. The number of hydrogen-bond acceptors (Lipinski definition) is 6. The number of esters is 1. The van der Waals surface area contributed by atoms with Crippen molar-refractivity contribution in [2.24, 2.45) is 17.8 Å². The summed E-state index contributed by atoms with van der Waals surface area (Å²) >= 11 is 0. The fourth-order valence-electron chi connectivity index (χ4n) is 6.26. The lowest BCUT2D eigenvalue weighted by molar-refractivity contribution is -0.162. The van der Waals surface area contributed by atoms with Crippen LogP contribution in [0.2, 0.25) is 0 Å². The van der Waals surface area contributed by atoms with E-state index in [0.29, 0.717) is 19.4 Å². The summed E-state index contributed by atoms with van der Waals surface area (Å²) in [6, 6.07) is -1.58. The summed E-state index contributed by atoms with van der Waals surface area (Å²) in [4.78, 5) is 44.5. The van der Waals surface area contributed by atoms with Gasteiger partial charge in [-0.05, 0) is 46.5 Å². The predicted octanol–water partition coefficient (Wildman–Crippen LogP) is 2.14. The molecule has 0 radical (unpaired) electrons. The molecule has 0 saturated carbocycles. The van der Waals surface area contributed by atoms with E-state index in [2.05, 4.69) is 6.58 Å². The zero-order valence-electron chi connectivity index (χ0n) is 20.9. The van der Waals surface area contributed by atoms with Gasteiger partial charge in [-0.3, -0.25) is 14.4 Å². The fraction of sp³-hybridized carbons (Fsp3) is 0.800. The van der Waals surface area contributed by atoms with Crippen LogP contribution in [0.1, 0.15) is 60.8 Å². The van der Waals surface area contributed by atoms with Gasteiger partial charge in [0, 0.05) is 12.6 Å². The smallest absolute Gasteiger partial charge is 0.312 e. The molecule has 3 heterocycles. The van der Waals surface area contributed by atoms with Crippen molar-refractivity contribution in [3.05, 3.63) is 12.7 Å². The van der Waals surface area contributed by atoms with Crippen molar-refractivity contribution in [2.75, 3.05) is 19.8 Å². The number of nitrogens with zero attached hydrogens (tertiary/aromatic N) is 2. The number of amides is 2. The van der Waals surface area contributed by atoms with Crippen molar-refractivity contribution < 1.29 is 29.0 Å². The van der Waals surface area contributed by atoms with Crippen LogP contribution in [0.15, 0.2) is 12.7 Å². The average Bonchev–Trinajstić information content (AvgIpc) is 3.33. The van der Waals surface area contributed by atoms with Crippen LogP contribution in [0.25, 0.3) is 0 Å². The Morgan fingerprint density at radius 1 is 1.33 bits per heavy atom. The van der Waals surface area contributed by atoms with E-state index in [1.54, 1.807) is 22.8 Å². The molecule has 2 bridgehead atoms. The second-order valence-corrected chi connectivity index (χ2v) is 10.2. The molecule has 3 aliphatic rings. The maximum absolute atomic E-state index is 14.1. The zero-order chi connectivity index (χ0) is 24.7. The summed E-state index contributed by atoms with van der Waals surface area (Å²) in [5, 5.41) is 10.3. The minimum Gasteiger partial charge on any atom is -0.466 e. The molecule has 8 heteroatoms. The molecule has 2 amide bonds. The van der Waals surface area contributed by atoms with E-state index in [-0.39, 0.29) is 37.0 Å². The molecule has 3 fully saturated rings. The molecule has 33 heavy (non-hydrogen) atoms. The van der Waals surface area contributed by atoms with Gasteiger partial charge in [-0.2, -0.15) is 0 Å². The SMILES string of the molecule is C=CCN(C(=O)C1N([C@@H](CO)[C@@H](C)CC)C(=O)[C@@H]2[C@H](C(=O)OCC)[C@]3(C)CCC12O3)C(C)C. The van der Waals surface area contributed by atoms with Crippen molar-refractivity contribution >= 4 is 17.8 Å². The van der Waals surface area contributed by atoms with Gasteiger partial charge < -0.3 is 24.4 Å². The third-order valence-corrected chi connectivity index (χ3v) is 8.07. The maximum Gasteiger partial charge on any atom is 0.312 e. The molecule has 1 spiro atoms. The van der Waals surface area contributed by atoms with Gasteiger partial charge in [0.2, 0.25) is 11.8 Å². The van der Waals surface area contributed by atoms with E-state index in [9.17, 15) is 19.5 Å². The average molecular weight is 465 g/mol. The Balaban J connectivity index is 2.17. The number of likely N-dealkylation sites (tertiary alicyclic amines) is 1. The highest BCUT2D eigenvalue weighted by molar-refractivity contribution is 5.98. The first-order chi connectivity index (χ1) is 15.5. The standard InChI is InChI=1S/C25H40N2O6/c1-8-13-26(15(4)5)22(30)20-25-12-11-24(7,33-25)19(23(31)32-10-3)18(25)21(29)27(20)17(14-28)16(6)9-2/h8,15-20,28H,1,9-14H2,2-7H3/t16-,17-,18-,19+,20?,24-,25?/m0/s1. The van der Waals surface area contributed by atoms with Gasteiger partial charge in [0.05, 0.1) is 30.8 Å². The Hall–Kier alpha value is -1.93. The van der Waals surface area contributed by atoms with E-state index >= 15 is 0 Å². The van der Waals surface area contributed by atoms with Gasteiger partial charge in [-0.1, -0.05) is 26.3 Å². The lowest BCUT2D eigenvalue weighted by Crippen LogP contribution is -2.60. The van der Waals surface area contributed by atoms with E-state index in [4.69, 9.17) is 9.47 Å². The van der Waals surface area contributed by atoms with E-state index in [1.165, 1.54) is 0 Å². The second-order valence-electron chi connectivity index (χ2n) is 10.2. The van der Waals surface area contributed by atoms with Crippen molar-refractivity contribution in [2.45, 2.75) is 90.1 Å². The number of rotatable bonds is 10. The lowest BCUT2D eigenvalue weighted by atomic mass is 9.66. The molecule has 3 saturated heterocycles. The number of aliphatic hydroxyl groups excluding tert-OH is 1. The van der Waals surface area contributed by atoms with Crippen LogP contribution < -0.4 is 0 Å². The first-order valence-corrected chi connectivity index (χ1v) is 12.3. The third kappa shape index (κ3) is 3.79. The normalized spacial score (nSPS) is 34.4. The molecule has 0 aliphatic carbocycles. The van der Waals surface area contributed by atoms with E-state index in [1.807, 2.05) is 34.6 Å². The zero-order valence-corrected chi connectivity index (χ0v) is 20.9. The molecule has 0 aromatic rings. The molecule has 186 valence electrons. The summed E-state index contributed by atoms with van der Waals surface area (Å²) in [5.41, 5.74) is -1.97. The molecule has 0 aromatic heterocycles. The van der Waals surface area contributed by atoms with Gasteiger partial charge in [0.1, 0.15) is 17.6 Å². The topological polar surface area (TPSA) is 96.4 Å². The summed E-state index contributed by atoms with van der Waals surface area (Å²) in [6.45, 7) is 15.5. The van der Waals surface area contributed by atoms with Crippen molar-refractivity contribution in [3.63, 3.8) is 0 Å². The Morgan fingerprint density at radius 2 is 2.00 bits per heavy atom. The van der Waals surface area contributed by atoms with Gasteiger partial charge in [-0.15, -0.1) is 6.58 Å². The second kappa shape index (κ2) is 9.37. The highest BCUT2D eigenvalue weighted by atomic mass is 16.6. The van der Waals surface area contributed by atoms with Crippen LogP contribution in [0.3, 0.4) is 0 Å². The van der Waals surface area contributed by atoms with Crippen LogP contribution in [0, 0.1) is 17.8 Å². The van der Waals surface area contributed by atoms with Crippen LogP contribution in [0.5, 0.6) is 0 Å². The molecule has 8 nitrogen and oxygen atoms in total. The summed E-state index contributed by atoms with van der Waals surface area (Å²) < 4.78 is 11.9. The van der Waals surface area contributed by atoms with Gasteiger partial charge >= 0.3 is 5.97 Å². The predicted molar refractivity (Wildman–Crippen MR) is 123 cm³/mol. The first kappa shape index (κ1) is 25.7. The summed E-state index contributed by atoms with van der Waals surface area (Å²) in [7, 11) is 0. The number of fused-ring (bicyclic) bond motifs is 1. The molecule has 3 rings (SSSR count). The Bertz CT molecular complexity index is 800. The van der Waals surface area contributed by atoms with Crippen molar-refractivity contribution in [1.82, 2.24) is 9.80 Å². The van der Waals surface area contributed by atoms with Gasteiger partial charge in [-0.25, -0.2) is 0 Å². The van der Waals surface area contributed by atoms with Crippen molar-refractivity contribution in [1.29, 1.82) is 0 Å². The molecule has 7 atom stereocenters. The maximum atomic E-state index is 14.1. The number of carbonyl (C=O) groups is 3. The fourth-order valence-corrected chi connectivity index (χ4v) is 6.26. The Labute approximate surface area is 197 Å². The largest absolute Gasteiger partial charge is 0.466 e. The third-order valence-electron chi connectivity index (χ3n) is 8.07. The molecule has 2 unspecified atom stereocenters. The minimum atomic E-state index is -1.12. The molecular weight excluding hydrogens is 424 g/mol. The van der Waals surface area contributed by atoms with Gasteiger partial charge in [0.25, 0.3) is 0 Å². The summed E-state index contributed by atoms with van der Waals surface area (Å²) in [6.07, 6.45) is 3.46. The molecule has 1 N–H and O–H groups in total. The van der Waals surface area contributed by atoms with E-state index in [0.717, 1.165) is 6.42 Å². The van der Waals surface area contributed by atoms with Crippen LogP contribution in [-0.2, 0) is 23.9 Å². The number of aliphatic hydroxyl groups is 1. The highest BCUT2D eigenvalue weighted by Crippen LogP contribution is 2.64. The van der Waals surface area contributed by atoms with Crippen LogP contribution in [-0.4, -0.2) is 81.8 Å².